The quantitative estimate of drug-likeness (QED) is 0.450. The summed E-state index contributed by atoms with van der Waals surface area (Å²) in [5.41, 5.74) is 2.20. The van der Waals surface area contributed by atoms with Gasteiger partial charge in [-0.2, -0.15) is 0 Å². The summed E-state index contributed by atoms with van der Waals surface area (Å²) in [5, 5.41) is 15.6. The molecular formula is C16H11NOS. The first-order chi connectivity index (χ1) is 9.33. The molecule has 2 nitrogen and oxygen atoms in total. The van der Waals surface area contributed by atoms with Gasteiger partial charge in [0.25, 0.3) is 0 Å². The first kappa shape index (κ1) is 10.8. The molecule has 19 heavy (non-hydrogen) atoms. The van der Waals surface area contributed by atoms with Gasteiger partial charge in [-0.15, -0.1) is 0 Å². The molecule has 0 amide bonds. The maximum atomic E-state index is 10.1. The number of phenolic OH excluding ortho intramolecular Hbond substituents is 1. The fourth-order valence-electron chi connectivity index (χ4n) is 2.45. The molecule has 2 N–H and O–H groups in total. The first-order valence-corrected chi connectivity index (χ1v) is 6.93. The Bertz CT molecular complexity index is 798. The van der Waals surface area contributed by atoms with Crippen LogP contribution in [0.25, 0.3) is 10.8 Å². The van der Waals surface area contributed by atoms with Gasteiger partial charge in [0.2, 0.25) is 0 Å². The van der Waals surface area contributed by atoms with E-state index in [4.69, 9.17) is 0 Å². The average Bonchev–Trinajstić information content (AvgIpc) is 2.46. The van der Waals surface area contributed by atoms with Gasteiger partial charge in [0.05, 0.1) is 11.4 Å². The van der Waals surface area contributed by atoms with Gasteiger partial charge in [0, 0.05) is 20.6 Å². The van der Waals surface area contributed by atoms with Gasteiger partial charge in [-0.25, -0.2) is 0 Å². The predicted octanol–water partition coefficient (Wildman–Crippen LogP) is 4.75. The number of hydrogen-bond donors (Lipinski definition) is 2. The van der Waals surface area contributed by atoms with E-state index in [-0.39, 0.29) is 0 Å². The molecule has 0 saturated heterocycles. The molecule has 0 fully saturated rings. The lowest BCUT2D eigenvalue weighted by Crippen LogP contribution is -2.00. The van der Waals surface area contributed by atoms with Gasteiger partial charge < -0.3 is 10.4 Å². The molecule has 3 aromatic rings. The van der Waals surface area contributed by atoms with Crippen molar-refractivity contribution >= 4 is 33.9 Å². The van der Waals surface area contributed by atoms with Crippen LogP contribution in [0.5, 0.6) is 5.75 Å². The lowest BCUT2D eigenvalue weighted by atomic mass is 10.1. The van der Waals surface area contributed by atoms with Crippen LogP contribution in [0.15, 0.2) is 64.4 Å². The molecular weight excluding hydrogens is 254 g/mol. The number of benzene rings is 3. The van der Waals surface area contributed by atoms with E-state index in [1.165, 1.54) is 4.90 Å². The van der Waals surface area contributed by atoms with Crippen molar-refractivity contribution < 1.29 is 5.11 Å². The third-order valence-electron chi connectivity index (χ3n) is 3.35. The standard InChI is InChI=1S/C16H11NOS/c18-13-9-15-16(11-6-2-1-5-10(11)13)17-12-7-3-4-8-14(12)19-15/h1-9,17-18H. The Labute approximate surface area is 115 Å². The molecule has 0 atom stereocenters. The van der Waals surface area contributed by atoms with Crippen LogP contribution < -0.4 is 5.32 Å². The van der Waals surface area contributed by atoms with E-state index in [0.29, 0.717) is 5.75 Å². The molecule has 1 aliphatic heterocycles. The van der Waals surface area contributed by atoms with E-state index in [0.717, 1.165) is 27.0 Å². The third kappa shape index (κ3) is 1.59. The molecule has 0 aromatic heterocycles. The van der Waals surface area contributed by atoms with E-state index in [1.807, 2.05) is 42.5 Å². The Morgan fingerprint density at radius 2 is 1.58 bits per heavy atom. The van der Waals surface area contributed by atoms with Crippen molar-refractivity contribution in [3.8, 4) is 5.75 Å². The lowest BCUT2D eigenvalue weighted by Gasteiger charge is -2.22. The summed E-state index contributed by atoms with van der Waals surface area (Å²) in [5.74, 6) is 0.336. The highest BCUT2D eigenvalue weighted by Crippen LogP contribution is 2.48. The molecule has 92 valence electrons. The van der Waals surface area contributed by atoms with Crippen LogP contribution in [-0.4, -0.2) is 5.11 Å². The summed E-state index contributed by atoms with van der Waals surface area (Å²) in [6.07, 6.45) is 0. The summed E-state index contributed by atoms with van der Waals surface area (Å²) in [6, 6.07) is 18.0. The van der Waals surface area contributed by atoms with Crippen LogP contribution in [-0.2, 0) is 0 Å². The van der Waals surface area contributed by atoms with Gasteiger partial charge >= 0.3 is 0 Å². The summed E-state index contributed by atoms with van der Waals surface area (Å²) >= 11 is 1.69. The fourth-order valence-corrected chi connectivity index (χ4v) is 3.50. The molecule has 0 radical (unpaired) electrons. The molecule has 4 rings (SSSR count). The van der Waals surface area contributed by atoms with E-state index < -0.39 is 0 Å². The Hall–Kier alpha value is -2.13. The van der Waals surface area contributed by atoms with Crippen LogP contribution >= 0.6 is 11.8 Å². The predicted molar refractivity (Wildman–Crippen MR) is 79.5 cm³/mol. The minimum Gasteiger partial charge on any atom is -0.507 e. The molecule has 1 aliphatic rings. The van der Waals surface area contributed by atoms with Crippen molar-refractivity contribution in [2.75, 3.05) is 5.32 Å². The molecule has 0 bridgehead atoms. The molecule has 0 unspecified atom stereocenters. The number of nitrogens with one attached hydrogen (secondary N) is 1. The zero-order chi connectivity index (χ0) is 12.8. The lowest BCUT2D eigenvalue weighted by molar-refractivity contribution is 0.480. The minimum absolute atomic E-state index is 0.336. The number of rotatable bonds is 0. The van der Waals surface area contributed by atoms with Crippen molar-refractivity contribution in [2.24, 2.45) is 0 Å². The number of hydrogen-bond acceptors (Lipinski definition) is 3. The van der Waals surface area contributed by atoms with Gasteiger partial charge in [0.15, 0.2) is 0 Å². The van der Waals surface area contributed by atoms with Crippen LogP contribution in [0.1, 0.15) is 0 Å². The second kappa shape index (κ2) is 3.93. The highest BCUT2D eigenvalue weighted by atomic mass is 32.2. The van der Waals surface area contributed by atoms with Crippen molar-refractivity contribution in [3.63, 3.8) is 0 Å². The molecule has 0 aliphatic carbocycles. The smallest absolute Gasteiger partial charge is 0.124 e. The summed E-state index contributed by atoms with van der Waals surface area (Å²) in [6.45, 7) is 0. The number of para-hydroxylation sites is 1. The number of aromatic hydroxyl groups is 1. The fraction of sp³-hybridized carbons (Fsp3) is 0. The topological polar surface area (TPSA) is 32.3 Å². The minimum atomic E-state index is 0.336. The van der Waals surface area contributed by atoms with E-state index in [2.05, 4.69) is 17.4 Å². The van der Waals surface area contributed by atoms with E-state index >= 15 is 0 Å². The normalized spacial score (nSPS) is 12.6. The summed E-state index contributed by atoms with van der Waals surface area (Å²) < 4.78 is 0. The molecule has 0 spiro atoms. The van der Waals surface area contributed by atoms with Gasteiger partial charge in [-0.05, 0) is 18.2 Å². The van der Waals surface area contributed by atoms with Gasteiger partial charge in [0.1, 0.15) is 5.75 Å². The zero-order valence-electron chi connectivity index (χ0n) is 10.1. The third-order valence-corrected chi connectivity index (χ3v) is 4.47. The molecule has 3 heteroatoms. The van der Waals surface area contributed by atoms with E-state index in [9.17, 15) is 5.11 Å². The first-order valence-electron chi connectivity index (χ1n) is 6.11. The second-order valence-corrected chi connectivity index (χ2v) is 5.62. The van der Waals surface area contributed by atoms with Crippen LogP contribution in [0.2, 0.25) is 0 Å². The Balaban J connectivity index is 2.01. The maximum absolute atomic E-state index is 10.1. The SMILES string of the molecule is Oc1cc2c(c3ccccc13)Nc1ccccc1S2. The molecule has 0 saturated carbocycles. The number of anilines is 2. The van der Waals surface area contributed by atoms with Crippen molar-refractivity contribution in [2.45, 2.75) is 9.79 Å². The largest absolute Gasteiger partial charge is 0.507 e. The highest BCUT2D eigenvalue weighted by molar-refractivity contribution is 7.99. The van der Waals surface area contributed by atoms with Crippen molar-refractivity contribution in [1.82, 2.24) is 0 Å². The monoisotopic (exact) mass is 265 g/mol. The average molecular weight is 265 g/mol. The Morgan fingerprint density at radius 1 is 0.842 bits per heavy atom. The number of phenols is 1. The molecule has 3 aromatic carbocycles. The number of fused-ring (bicyclic) bond motifs is 4. The highest BCUT2D eigenvalue weighted by Gasteiger charge is 2.19. The van der Waals surface area contributed by atoms with Crippen LogP contribution in [0.4, 0.5) is 11.4 Å². The van der Waals surface area contributed by atoms with E-state index in [1.54, 1.807) is 11.8 Å². The second-order valence-electron chi connectivity index (χ2n) is 4.54. The maximum Gasteiger partial charge on any atom is 0.124 e. The van der Waals surface area contributed by atoms with Gasteiger partial charge in [-0.1, -0.05) is 48.2 Å². The van der Waals surface area contributed by atoms with Gasteiger partial charge in [-0.3, -0.25) is 0 Å². The summed E-state index contributed by atoms with van der Waals surface area (Å²) in [4.78, 5) is 2.25. The van der Waals surface area contributed by atoms with Crippen molar-refractivity contribution in [1.29, 1.82) is 0 Å². The molecule has 1 heterocycles. The Morgan fingerprint density at radius 3 is 2.47 bits per heavy atom. The van der Waals surface area contributed by atoms with Crippen LogP contribution in [0.3, 0.4) is 0 Å². The van der Waals surface area contributed by atoms with Crippen LogP contribution in [0, 0.1) is 0 Å². The summed E-state index contributed by atoms with van der Waals surface area (Å²) in [7, 11) is 0. The Kier molecular flexibility index (Phi) is 2.23. The zero-order valence-corrected chi connectivity index (χ0v) is 10.9. The van der Waals surface area contributed by atoms with Crippen molar-refractivity contribution in [3.05, 3.63) is 54.6 Å².